The lowest BCUT2D eigenvalue weighted by molar-refractivity contribution is -0.145. The van der Waals surface area contributed by atoms with Crippen LogP contribution in [0.5, 0.6) is 0 Å². The molecule has 0 spiro atoms. The number of nitrogens with zero attached hydrogens (tertiary/aromatic N) is 2. The van der Waals surface area contributed by atoms with Gasteiger partial charge in [0.15, 0.2) is 6.61 Å². The second-order valence-electron chi connectivity index (χ2n) is 5.64. The zero-order valence-electron chi connectivity index (χ0n) is 14.7. The Morgan fingerprint density at radius 3 is 2.75 bits per heavy atom. The molecule has 1 amide bonds. The molecule has 0 radical (unpaired) electrons. The zero-order chi connectivity index (χ0) is 19.8. The maximum absolute atomic E-state index is 11.7. The number of halogens is 1. The normalized spacial score (nSPS) is 10.8. The van der Waals surface area contributed by atoms with E-state index in [9.17, 15) is 9.59 Å². The number of esters is 1. The van der Waals surface area contributed by atoms with E-state index in [2.05, 4.69) is 15.5 Å². The van der Waals surface area contributed by atoms with Crippen molar-refractivity contribution in [2.24, 2.45) is 0 Å². The van der Waals surface area contributed by atoms with Crippen LogP contribution < -0.4 is 5.32 Å². The molecule has 7 nitrogen and oxygen atoms in total. The fraction of sp³-hybridized carbons (Fsp3) is 0.100. The Kier molecular flexibility index (Phi) is 6.54. The summed E-state index contributed by atoms with van der Waals surface area (Å²) < 4.78 is 10.1. The van der Waals surface area contributed by atoms with Gasteiger partial charge in [0.1, 0.15) is 6.54 Å². The quantitative estimate of drug-likeness (QED) is 0.485. The van der Waals surface area contributed by atoms with E-state index in [0.29, 0.717) is 16.4 Å². The van der Waals surface area contributed by atoms with Crippen LogP contribution in [0.25, 0.3) is 17.5 Å². The van der Waals surface area contributed by atoms with Gasteiger partial charge in [-0.2, -0.15) is 4.98 Å². The van der Waals surface area contributed by atoms with E-state index in [0.717, 1.165) is 5.56 Å². The average molecular weight is 398 g/mol. The molecule has 3 aromatic rings. The Morgan fingerprint density at radius 1 is 1.14 bits per heavy atom. The predicted octanol–water partition coefficient (Wildman–Crippen LogP) is 3.26. The van der Waals surface area contributed by atoms with E-state index < -0.39 is 11.9 Å². The SMILES string of the molecule is O=C(/C=C/c1ccccc1)NCC(=O)OCc1nc(-c2cccc(Cl)c2)no1. The summed E-state index contributed by atoms with van der Waals surface area (Å²) >= 11 is 5.93. The van der Waals surface area contributed by atoms with Gasteiger partial charge in [-0.25, -0.2) is 0 Å². The second-order valence-corrected chi connectivity index (χ2v) is 6.08. The van der Waals surface area contributed by atoms with Crippen molar-refractivity contribution in [2.75, 3.05) is 6.54 Å². The van der Waals surface area contributed by atoms with E-state index in [1.807, 2.05) is 30.3 Å². The summed E-state index contributed by atoms with van der Waals surface area (Å²) in [6.07, 6.45) is 2.99. The van der Waals surface area contributed by atoms with E-state index in [4.69, 9.17) is 20.9 Å². The predicted molar refractivity (Wildman–Crippen MR) is 103 cm³/mol. The van der Waals surface area contributed by atoms with Crippen LogP contribution in [0.15, 0.2) is 65.2 Å². The summed E-state index contributed by atoms with van der Waals surface area (Å²) in [5, 5.41) is 6.81. The summed E-state index contributed by atoms with van der Waals surface area (Å²) in [7, 11) is 0. The standard InChI is InChI=1S/C20H16ClN3O4/c21-16-8-4-7-15(11-16)20-23-18(28-24-20)13-27-19(26)12-22-17(25)10-9-14-5-2-1-3-6-14/h1-11H,12-13H2,(H,22,25)/b10-9+. The number of hydrogen-bond acceptors (Lipinski definition) is 6. The minimum Gasteiger partial charge on any atom is -0.454 e. The lowest BCUT2D eigenvalue weighted by Crippen LogP contribution is -2.29. The number of benzene rings is 2. The monoisotopic (exact) mass is 397 g/mol. The summed E-state index contributed by atoms with van der Waals surface area (Å²) in [5.41, 5.74) is 1.57. The number of ether oxygens (including phenoxy) is 1. The van der Waals surface area contributed by atoms with Crippen molar-refractivity contribution in [3.05, 3.63) is 77.2 Å². The first-order valence-corrected chi connectivity index (χ1v) is 8.73. The second kappa shape index (κ2) is 9.48. The molecule has 8 heteroatoms. The molecule has 142 valence electrons. The lowest BCUT2D eigenvalue weighted by atomic mass is 10.2. The number of carbonyl (C=O) groups excluding carboxylic acids is 2. The van der Waals surface area contributed by atoms with Gasteiger partial charge in [-0.05, 0) is 23.8 Å². The van der Waals surface area contributed by atoms with Crippen molar-refractivity contribution in [3.63, 3.8) is 0 Å². The summed E-state index contributed by atoms with van der Waals surface area (Å²) in [4.78, 5) is 27.6. The highest BCUT2D eigenvalue weighted by Crippen LogP contribution is 2.20. The fourth-order valence-electron chi connectivity index (χ4n) is 2.21. The zero-order valence-corrected chi connectivity index (χ0v) is 15.4. The molecule has 0 aliphatic rings. The Morgan fingerprint density at radius 2 is 1.96 bits per heavy atom. The van der Waals surface area contributed by atoms with Gasteiger partial charge >= 0.3 is 5.97 Å². The van der Waals surface area contributed by atoms with Gasteiger partial charge in [-0.15, -0.1) is 0 Å². The molecule has 0 saturated carbocycles. The molecule has 0 saturated heterocycles. The van der Waals surface area contributed by atoms with Crippen molar-refractivity contribution < 1.29 is 18.8 Å². The van der Waals surface area contributed by atoms with E-state index in [-0.39, 0.29) is 19.0 Å². The Hall–Kier alpha value is -3.45. The first-order chi connectivity index (χ1) is 13.6. The van der Waals surface area contributed by atoms with Gasteiger partial charge in [0.05, 0.1) is 0 Å². The van der Waals surface area contributed by atoms with Crippen molar-refractivity contribution in [1.82, 2.24) is 15.5 Å². The minimum atomic E-state index is -0.621. The first kappa shape index (κ1) is 19.3. The summed E-state index contributed by atoms with van der Waals surface area (Å²) in [6, 6.07) is 16.3. The molecule has 1 N–H and O–H groups in total. The molecule has 0 atom stereocenters. The third-order valence-electron chi connectivity index (χ3n) is 3.54. The number of hydrogen-bond donors (Lipinski definition) is 1. The van der Waals surface area contributed by atoms with Gasteiger partial charge in [-0.1, -0.05) is 59.2 Å². The molecular weight excluding hydrogens is 382 g/mol. The van der Waals surface area contributed by atoms with Crippen LogP contribution in [0, 0.1) is 0 Å². The topological polar surface area (TPSA) is 94.3 Å². The van der Waals surface area contributed by atoms with Crippen molar-refractivity contribution in [1.29, 1.82) is 0 Å². The molecule has 0 bridgehead atoms. The van der Waals surface area contributed by atoms with E-state index in [1.165, 1.54) is 6.08 Å². The molecular formula is C20H16ClN3O4. The van der Waals surface area contributed by atoms with Gasteiger partial charge in [0, 0.05) is 16.7 Å². The fourth-order valence-corrected chi connectivity index (χ4v) is 2.40. The van der Waals surface area contributed by atoms with Crippen LogP contribution in [0.2, 0.25) is 5.02 Å². The molecule has 28 heavy (non-hydrogen) atoms. The smallest absolute Gasteiger partial charge is 0.325 e. The molecule has 0 unspecified atom stereocenters. The number of amides is 1. The first-order valence-electron chi connectivity index (χ1n) is 8.35. The lowest BCUT2D eigenvalue weighted by Gasteiger charge is -2.02. The van der Waals surface area contributed by atoms with Crippen molar-refractivity contribution in [3.8, 4) is 11.4 Å². The molecule has 0 aliphatic carbocycles. The third kappa shape index (κ3) is 5.78. The summed E-state index contributed by atoms with van der Waals surface area (Å²) in [6.45, 7) is -0.463. The highest BCUT2D eigenvalue weighted by atomic mass is 35.5. The van der Waals surface area contributed by atoms with E-state index in [1.54, 1.807) is 30.3 Å². The molecule has 0 aliphatic heterocycles. The molecule has 1 heterocycles. The van der Waals surface area contributed by atoms with Gasteiger partial charge < -0.3 is 14.6 Å². The van der Waals surface area contributed by atoms with Crippen LogP contribution >= 0.6 is 11.6 Å². The summed E-state index contributed by atoms with van der Waals surface area (Å²) in [5.74, 6) is -0.544. The average Bonchev–Trinajstić information content (AvgIpc) is 3.19. The maximum atomic E-state index is 11.7. The number of aromatic nitrogens is 2. The van der Waals surface area contributed by atoms with Crippen LogP contribution in [-0.2, 0) is 20.9 Å². The highest BCUT2D eigenvalue weighted by molar-refractivity contribution is 6.30. The van der Waals surface area contributed by atoms with Crippen LogP contribution in [0.3, 0.4) is 0 Å². The Balaban J connectivity index is 1.43. The number of nitrogens with one attached hydrogen (secondary N) is 1. The number of carbonyl (C=O) groups is 2. The molecule has 3 rings (SSSR count). The largest absolute Gasteiger partial charge is 0.454 e. The molecule has 1 aromatic heterocycles. The molecule has 0 fully saturated rings. The van der Waals surface area contributed by atoms with Crippen molar-refractivity contribution in [2.45, 2.75) is 6.61 Å². The van der Waals surface area contributed by atoms with Crippen LogP contribution in [0.4, 0.5) is 0 Å². The van der Waals surface area contributed by atoms with E-state index >= 15 is 0 Å². The van der Waals surface area contributed by atoms with Crippen LogP contribution in [0.1, 0.15) is 11.5 Å². The third-order valence-corrected chi connectivity index (χ3v) is 3.78. The van der Waals surface area contributed by atoms with Gasteiger partial charge in [0.25, 0.3) is 5.89 Å². The number of rotatable bonds is 7. The maximum Gasteiger partial charge on any atom is 0.325 e. The van der Waals surface area contributed by atoms with Crippen molar-refractivity contribution >= 4 is 29.6 Å². The van der Waals surface area contributed by atoms with Gasteiger partial charge in [-0.3, -0.25) is 9.59 Å². The van der Waals surface area contributed by atoms with Gasteiger partial charge in [0.2, 0.25) is 11.7 Å². The van der Waals surface area contributed by atoms with Crippen LogP contribution in [-0.4, -0.2) is 28.6 Å². The highest BCUT2D eigenvalue weighted by Gasteiger charge is 2.12. The molecule has 2 aromatic carbocycles. The minimum absolute atomic E-state index is 0.138. The Labute approximate surface area is 166 Å². The Bertz CT molecular complexity index is 986.